The molecule has 368 valence electrons. The highest BCUT2D eigenvalue weighted by Crippen LogP contribution is 2.31. The van der Waals surface area contributed by atoms with Gasteiger partial charge in [0, 0.05) is 104 Å². The molecule has 24 nitrogen and oxygen atoms in total. The van der Waals surface area contributed by atoms with Gasteiger partial charge >= 0.3 is 23.9 Å². The fraction of sp³-hybridized carbons (Fsp3) is 0.634. The first-order chi connectivity index (χ1) is 31.7. The molecule has 7 N–H and O–H groups in total. The Hall–Kier alpha value is -6.43. The minimum absolute atomic E-state index is 0.00290. The average Bonchev–Trinajstić information content (AvgIpc) is 3.59. The van der Waals surface area contributed by atoms with E-state index in [2.05, 4.69) is 20.9 Å². The van der Waals surface area contributed by atoms with Crippen LogP contribution in [0.1, 0.15) is 53.7 Å². The summed E-state index contributed by atoms with van der Waals surface area (Å²) in [5.41, 5.74) is 1.32. The zero-order valence-electron chi connectivity index (χ0n) is 36.9. The van der Waals surface area contributed by atoms with Crippen molar-refractivity contribution in [1.82, 2.24) is 50.3 Å². The SMILES string of the molecule is N#C[C@@H]1CC(F)(F)CN1C(=O)CNC(=O)c1cnc2c(c1)CCN(C(=O)CCC(=O)NCCNC(=O)CCC(C(=O)O)N1CCN(CC(=O)O)CCN(CC(=O)O)CCN(CC(=O)O)CC1)C2. The maximum atomic E-state index is 13.7. The molecule has 1 aromatic rings. The number of fused-ring (bicyclic) bond motifs is 1. The summed E-state index contributed by atoms with van der Waals surface area (Å²) >= 11 is 0. The molecule has 1 aromatic heterocycles. The van der Waals surface area contributed by atoms with Gasteiger partial charge in [0.2, 0.25) is 23.6 Å². The van der Waals surface area contributed by atoms with Gasteiger partial charge in [-0.2, -0.15) is 5.26 Å². The van der Waals surface area contributed by atoms with Crippen LogP contribution >= 0.6 is 0 Å². The number of hydrogen-bond acceptors (Lipinski definition) is 15. The minimum Gasteiger partial charge on any atom is -0.480 e. The van der Waals surface area contributed by atoms with Gasteiger partial charge in [-0.15, -0.1) is 0 Å². The predicted octanol–water partition coefficient (Wildman–Crippen LogP) is -2.82. The molecular formula is C41H57F2N11O13. The van der Waals surface area contributed by atoms with Gasteiger partial charge < -0.3 is 46.2 Å². The second kappa shape index (κ2) is 25.5. The number of carbonyl (C=O) groups excluding carboxylic acids is 5. The molecule has 0 spiro atoms. The highest BCUT2D eigenvalue weighted by atomic mass is 19.3. The van der Waals surface area contributed by atoms with Gasteiger partial charge in [-0.25, -0.2) is 8.78 Å². The van der Waals surface area contributed by atoms with Gasteiger partial charge in [-0.3, -0.25) is 67.7 Å². The van der Waals surface area contributed by atoms with Crippen LogP contribution in [0.2, 0.25) is 0 Å². The monoisotopic (exact) mass is 949 g/mol. The third-order valence-electron chi connectivity index (χ3n) is 11.5. The molecule has 2 atom stereocenters. The van der Waals surface area contributed by atoms with Crippen LogP contribution in [0.5, 0.6) is 0 Å². The smallest absolute Gasteiger partial charge is 0.320 e. The summed E-state index contributed by atoms with van der Waals surface area (Å²) in [6.45, 7) is -1.30. The molecule has 4 heterocycles. The number of pyridine rings is 1. The van der Waals surface area contributed by atoms with Crippen molar-refractivity contribution in [2.75, 3.05) is 105 Å². The van der Waals surface area contributed by atoms with Crippen molar-refractivity contribution in [1.29, 1.82) is 5.26 Å². The van der Waals surface area contributed by atoms with Crippen molar-refractivity contribution in [3.63, 3.8) is 0 Å². The highest BCUT2D eigenvalue weighted by molar-refractivity contribution is 5.96. The maximum Gasteiger partial charge on any atom is 0.320 e. The average molecular weight is 950 g/mol. The molecule has 26 heteroatoms. The molecule has 2 saturated heterocycles. The minimum atomic E-state index is -3.19. The Kier molecular flexibility index (Phi) is 20.2. The number of nitriles is 1. The van der Waals surface area contributed by atoms with E-state index < -0.39 is 85.0 Å². The van der Waals surface area contributed by atoms with E-state index in [-0.39, 0.29) is 135 Å². The van der Waals surface area contributed by atoms with E-state index in [0.717, 1.165) is 4.90 Å². The van der Waals surface area contributed by atoms with Gasteiger partial charge in [0.15, 0.2) is 0 Å². The van der Waals surface area contributed by atoms with Gasteiger partial charge in [-0.1, -0.05) is 0 Å². The fourth-order valence-electron chi connectivity index (χ4n) is 7.91. The molecule has 3 aliphatic rings. The first-order valence-electron chi connectivity index (χ1n) is 21.7. The molecule has 1 unspecified atom stereocenters. The second-order valence-corrected chi connectivity index (χ2v) is 16.4. The van der Waals surface area contributed by atoms with Crippen LogP contribution in [0.4, 0.5) is 8.78 Å². The number of aliphatic carboxylic acids is 4. The van der Waals surface area contributed by atoms with Crippen LogP contribution in [0, 0.1) is 11.3 Å². The van der Waals surface area contributed by atoms with Crippen molar-refractivity contribution in [2.24, 2.45) is 0 Å². The van der Waals surface area contributed by atoms with Crippen molar-refractivity contribution >= 4 is 53.4 Å². The lowest BCUT2D eigenvalue weighted by Gasteiger charge is -2.35. The summed E-state index contributed by atoms with van der Waals surface area (Å²) in [5.74, 6) is -10.6. The first kappa shape index (κ1) is 53.2. The molecule has 5 amide bonds. The van der Waals surface area contributed by atoms with E-state index in [4.69, 9.17) is 5.26 Å². The number of alkyl halides is 2. The summed E-state index contributed by atoms with van der Waals surface area (Å²) in [7, 11) is 0. The molecular weight excluding hydrogens is 893 g/mol. The van der Waals surface area contributed by atoms with Crippen molar-refractivity contribution in [3.8, 4) is 6.07 Å². The van der Waals surface area contributed by atoms with Crippen LogP contribution < -0.4 is 16.0 Å². The maximum absolute atomic E-state index is 13.7. The fourth-order valence-corrected chi connectivity index (χ4v) is 7.91. The van der Waals surface area contributed by atoms with Crippen LogP contribution in [0.25, 0.3) is 0 Å². The van der Waals surface area contributed by atoms with Crippen LogP contribution in [-0.2, 0) is 51.3 Å². The Morgan fingerprint density at radius 3 is 1.81 bits per heavy atom. The van der Waals surface area contributed by atoms with E-state index in [1.54, 1.807) is 31.7 Å². The Balaban J connectivity index is 1.19. The topological polar surface area (TPSA) is 327 Å². The number of halogens is 2. The number of aromatic nitrogens is 1. The number of carboxylic acid groups (broad SMARTS) is 4. The zero-order valence-corrected chi connectivity index (χ0v) is 36.9. The number of carboxylic acids is 4. The summed E-state index contributed by atoms with van der Waals surface area (Å²) < 4.78 is 27.4. The summed E-state index contributed by atoms with van der Waals surface area (Å²) in [6, 6.07) is 0.739. The Bertz CT molecular complexity index is 2010. The van der Waals surface area contributed by atoms with E-state index in [1.807, 2.05) is 0 Å². The number of hydrogen-bond donors (Lipinski definition) is 7. The molecule has 0 radical (unpaired) electrons. The second-order valence-electron chi connectivity index (χ2n) is 16.4. The number of amides is 5. The molecule has 0 bridgehead atoms. The number of nitrogens with one attached hydrogen (secondary N) is 3. The van der Waals surface area contributed by atoms with Crippen molar-refractivity contribution in [2.45, 2.75) is 63.1 Å². The Morgan fingerprint density at radius 2 is 1.28 bits per heavy atom. The standard InChI is InChI=1S/C41H57F2N11O13/c42-41(43)18-29(19-44)54(26-41)35(58)21-48-39(65)28-17-27-5-8-53(22-30(27)47-20-28)34(57)4-3-33(56)46-7-6-45-32(55)2-1-31(40(66)67)52-15-13-50(24-37(61)62)11-9-49(23-36(59)60)10-12-51(14-16-52)25-38(63)64/h17,20,29,31H,1-16,18,21-26H2,(H,45,55)(H,46,56)(H,48,65)(H,59,60)(H,61,62)(H,63,64)(H,66,67)/t29-,31?/m0/s1. The van der Waals surface area contributed by atoms with E-state index >= 15 is 0 Å². The molecule has 4 rings (SSSR count). The number of likely N-dealkylation sites (tertiary alicyclic amines) is 1. The Labute approximate surface area is 383 Å². The quantitative estimate of drug-likeness (QED) is 0.0648. The van der Waals surface area contributed by atoms with E-state index in [1.165, 1.54) is 11.1 Å². The summed E-state index contributed by atoms with van der Waals surface area (Å²) in [5, 5.41) is 55.2. The number of nitrogens with zero attached hydrogens (tertiary/aromatic N) is 8. The third-order valence-corrected chi connectivity index (χ3v) is 11.5. The molecule has 0 saturated carbocycles. The number of rotatable bonds is 20. The zero-order chi connectivity index (χ0) is 49.3. The predicted molar refractivity (Wildman–Crippen MR) is 226 cm³/mol. The van der Waals surface area contributed by atoms with Gasteiger partial charge in [0.05, 0.1) is 56.6 Å². The molecule has 0 aromatic carbocycles. The third kappa shape index (κ3) is 17.7. The number of carbonyl (C=O) groups is 9. The van der Waals surface area contributed by atoms with Crippen LogP contribution in [0.15, 0.2) is 12.3 Å². The van der Waals surface area contributed by atoms with Gasteiger partial charge in [0.1, 0.15) is 12.1 Å². The summed E-state index contributed by atoms with van der Waals surface area (Å²) in [4.78, 5) is 123. The summed E-state index contributed by atoms with van der Waals surface area (Å²) in [6.07, 6.45) is 0.162. The normalized spacial score (nSPS) is 19.1. The molecule has 67 heavy (non-hydrogen) atoms. The largest absolute Gasteiger partial charge is 0.480 e. The highest BCUT2D eigenvalue weighted by Gasteiger charge is 2.47. The lowest BCUT2D eigenvalue weighted by molar-refractivity contribution is -0.145. The van der Waals surface area contributed by atoms with Crippen LogP contribution in [-0.4, -0.2) is 231 Å². The molecule has 0 aliphatic carbocycles. The lowest BCUT2D eigenvalue weighted by Crippen LogP contribution is -2.52. The molecule has 2 fully saturated rings. The van der Waals surface area contributed by atoms with E-state index in [0.29, 0.717) is 17.7 Å². The van der Waals surface area contributed by atoms with E-state index in [9.17, 15) is 72.4 Å². The van der Waals surface area contributed by atoms with Gasteiger partial charge in [0.25, 0.3) is 11.8 Å². The Morgan fingerprint density at radius 1 is 0.746 bits per heavy atom. The lowest BCUT2D eigenvalue weighted by atomic mass is 10.0. The van der Waals surface area contributed by atoms with Crippen LogP contribution in [0.3, 0.4) is 0 Å². The molecule has 3 aliphatic heterocycles. The van der Waals surface area contributed by atoms with Crippen molar-refractivity contribution < 1.29 is 72.4 Å². The first-order valence-corrected chi connectivity index (χ1v) is 21.7. The van der Waals surface area contributed by atoms with Crippen molar-refractivity contribution in [3.05, 3.63) is 29.1 Å². The van der Waals surface area contributed by atoms with Gasteiger partial charge in [-0.05, 0) is 24.5 Å².